The van der Waals surface area contributed by atoms with Crippen molar-refractivity contribution in [3.05, 3.63) is 46.0 Å². The molecule has 0 amide bonds. The Labute approximate surface area is 145 Å². The van der Waals surface area contributed by atoms with Crippen molar-refractivity contribution >= 4 is 49.5 Å². The van der Waals surface area contributed by atoms with Gasteiger partial charge in [0.05, 0.1) is 22.8 Å². The molecule has 0 spiro atoms. The number of nitro benzene ring substituents is 1. The van der Waals surface area contributed by atoms with Gasteiger partial charge in [-0.3, -0.25) is 15.4 Å². The smallest absolute Gasteiger partial charge is 0.302 e. The SMILES string of the molecule is COc1cc([N+](=O)[O-])cc2sc(Nc3nc4cccc(C)c4o3)nc12. The van der Waals surface area contributed by atoms with E-state index in [0.717, 1.165) is 11.1 Å². The van der Waals surface area contributed by atoms with Gasteiger partial charge in [0.15, 0.2) is 16.5 Å². The quantitative estimate of drug-likeness (QED) is 0.427. The second kappa shape index (κ2) is 5.71. The number of nitro groups is 1. The van der Waals surface area contributed by atoms with Gasteiger partial charge in [-0.2, -0.15) is 4.98 Å². The Kier molecular flexibility index (Phi) is 3.50. The van der Waals surface area contributed by atoms with Gasteiger partial charge in [-0.15, -0.1) is 0 Å². The molecule has 0 aliphatic heterocycles. The summed E-state index contributed by atoms with van der Waals surface area (Å²) in [5.41, 5.74) is 2.95. The first-order chi connectivity index (χ1) is 12.0. The number of oxazole rings is 1. The number of aromatic nitrogens is 2. The number of hydrogen-bond acceptors (Lipinski definition) is 8. The number of fused-ring (bicyclic) bond motifs is 2. The number of rotatable bonds is 4. The summed E-state index contributed by atoms with van der Waals surface area (Å²) in [4.78, 5) is 19.4. The van der Waals surface area contributed by atoms with Crippen molar-refractivity contribution in [3.63, 3.8) is 0 Å². The Bertz CT molecular complexity index is 1120. The molecule has 9 heteroatoms. The number of nitrogens with zero attached hydrogens (tertiary/aromatic N) is 3. The molecule has 4 aromatic rings. The first-order valence-corrected chi connectivity index (χ1v) is 8.13. The Morgan fingerprint density at radius 3 is 2.88 bits per heavy atom. The molecular weight excluding hydrogens is 344 g/mol. The molecule has 0 fully saturated rings. The lowest BCUT2D eigenvalue weighted by molar-refractivity contribution is -0.384. The van der Waals surface area contributed by atoms with E-state index in [1.807, 2.05) is 25.1 Å². The summed E-state index contributed by atoms with van der Waals surface area (Å²) in [6.45, 7) is 1.94. The molecule has 0 atom stereocenters. The molecule has 0 radical (unpaired) electrons. The van der Waals surface area contributed by atoms with E-state index in [0.29, 0.717) is 32.7 Å². The van der Waals surface area contributed by atoms with Gasteiger partial charge in [0.2, 0.25) is 0 Å². The molecule has 0 aliphatic rings. The average molecular weight is 356 g/mol. The summed E-state index contributed by atoms with van der Waals surface area (Å²) in [5, 5.41) is 14.6. The maximum atomic E-state index is 11.0. The van der Waals surface area contributed by atoms with E-state index in [4.69, 9.17) is 9.15 Å². The number of benzene rings is 2. The van der Waals surface area contributed by atoms with Gasteiger partial charge in [-0.05, 0) is 18.6 Å². The number of para-hydroxylation sites is 1. The summed E-state index contributed by atoms with van der Waals surface area (Å²) < 4.78 is 11.6. The second-order valence-electron chi connectivity index (χ2n) is 5.34. The second-order valence-corrected chi connectivity index (χ2v) is 6.37. The Morgan fingerprint density at radius 2 is 2.16 bits per heavy atom. The van der Waals surface area contributed by atoms with E-state index in [9.17, 15) is 10.1 Å². The van der Waals surface area contributed by atoms with E-state index in [1.165, 1.54) is 30.6 Å². The van der Waals surface area contributed by atoms with Crippen LogP contribution in [0.4, 0.5) is 16.8 Å². The lowest BCUT2D eigenvalue weighted by atomic mass is 10.2. The molecule has 2 aromatic carbocycles. The molecule has 2 heterocycles. The van der Waals surface area contributed by atoms with Crippen LogP contribution in [-0.2, 0) is 0 Å². The fraction of sp³-hybridized carbons (Fsp3) is 0.125. The minimum atomic E-state index is -0.460. The maximum Gasteiger partial charge on any atom is 0.302 e. The fourth-order valence-corrected chi connectivity index (χ4v) is 3.44. The first kappa shape index (κ1) is 15.3. The number of ether oxygens (including phenoxy) is 1. The van der Waals surface area contributed by atoms with Crippen molar-refractivity contribution in [3.8, 4) is 5.75 Å². The average Bonchev–Trinajstić information content (AvgIpc) is 3.17. The molecule has 8 nitrogen and oxygen atoms in total. The van der Waals surface area contributed by atoms with Crippen LogP contribution >= 0.6 is 11.3 Å². The van der Waals surface area contributed by atoms with E-state index in [2.05, 4.69) is 15.3 Å². The predicted molar refractivity (Wildman–Crippen MR) is 94.9 cm³/mol. The number of aryl methyl sites for hydroxylation is 1. The van der Waals surface area contributed by atoms with E-state index < -0.39 is 4.92 Å². The number of anilines is 2. The number of methoxy groups -OCH3 is 1. The molecule has 0 bridgehead atoms. The van der Waals surface area contributed by atoms with Crippen LogP contribution in [0.1, 0.15) is 5.56 Å². The number of thiazole rings is 1. The van der Waals surface area contributed by atoms with Crippen molar-refractivity contribution in [2.45, 2.75) is 6.92 Å². The van der Waals surface area contributed by atoms with Gasteiger partial charge < -0.3 is 9.15 Å². The zero-order chi connectivity index (χ0) is 17.6. The summed E-state index contributed by atoms with van der Waals surface area (Å²) >= 11 is 1.26. The number of hydrogen-bond donors (Lipinski definition) is 1. The maximum absolute atomic E-state index is 11.0. The lowest BCUT2D eigenvalue weighted by Gasteiger charge is -1.99. The zero-order valence-electron chi connectivity index (χ0n) is 13.3. The molecule has 0 saturated carbocycles. The van der Waals surface area contributed by atoms with Crippen molar-refractivity contribution in [2.75, 3.05) is 12.4 Å². The van der Waals surface area contributed by atoms with Crippen LogP contribution in [0.3, 0.4) is 0 Å². The molecule has 0 unspecified atom stereocenters. The molecule has 0 saturated heterocycles. The first-order valence-electron chi connectivity index (χ1n) is 7.31. The van der Waals surface area contributed by atoms with Crippen LogP contribution in [0.2, 0.25) is 0 Å². The normalized spacial score (nSPS) is 11.1. The van der Waals surface area contributed by atoms with E-state index >= 15 is 0 Å². The summed E-state index contributed by atoms with van der Waals surface area (Å²) in [6, 6.07) is 8.86. The minimum Gasteiger partial charge on any atom is -0.494 e. The molecule has 25 heavy (non-hydrogen) atoms. The highest BCUT2D eigenvalue weighted by atomic mass is 32.1. The van der Waals surface area contributed by atoms with Gasteiger partial charge in [0.25, 0.3) is 5.69 Å². The number of non-ortho nitro benzene ring substituents is 1. The topological polar surface area (TPSA) is 103 Å². The third kappa shape index (κ3) is 2.64. The van der Waals surface area contributed by atoms with E-state index in [-0.39, 0.29) is 5.69 Å². The Hall–Kier alpha value is -3.20. The van der Waals surface area contributed by atoms with Crippen LogP contribution in [0.15, 0.2) is 34.7 Å². The van der Waals surface area contributed by atoms with Crippen LogP contribution in [0.5, 0.6) is 5.75 Å². The minimum absolute atomic E-state index is 0.0444. The lowest BCUT2D eigenvalue weighted by Crippen LogP contribution is -1.91. The summed E-state index contributed by atoms with van der Waals surface area (Å²) in [6.07, 6.45) is 0. The largest absolute Gasteiger partial charge is 0.494 e. The van der Waals surface area contributed by atoms with Crippen LogP contribution in [-0.4, -0.2) is 22.0 Å². The van der Waals surface area contributed by atoms with Crippen molar-refractivity contribution in [2.24, 2.45) is 0 Å². The van der Waals surface area contributed by atoms with Crippen LogP contribution in [0.25, 0.3) is 21.3 Å². The molecular formula is C16H12N4O4S. The third-order valence-electron chi connectivity index (χ3n) is 3.70. The van der Waals surface area contributed by atoms with Crippen molar-refractivity contribution in [1.29, 1.82) is 0 Å². The molecule has 2 aromatic heterocycles. The van der Waals surface area contributed by atoms with Crippen LogP contribution in [0, 0.1) is 17.0 Å². The van der Waals surface area contributed by atoms with Gasteiger partial charge in [-0.1, -0.05) is 23.5 Å². The molecule has 4 rings (SSSR count). The Balaban J connectivity index is 1.76. The third-order valence-corrected chi connectivity index (χ3v) is 4.62. The van der Waals surface area contributed by atoms with Gasteiger partial charge in [0, 0.05) is 6.07 Å². The molecule has 1 N–H and O–H groups in total. The van der Waals surface area contributed by atoms with Crippen molar-refractivity contribution < 1.29 is 14.1 Å². The standard InChI is InChI=1S/C16H12N4O4S/c1-8-4-3-5-10-14(8)24-15(17-10)19-16-18-13-11(23-2)6-9(20(21)22)7-12(13)25-16/h3-7H,1-2H3,(H,17,18,19). The van der Waals surface area contributed by atoms with E-state index in [1.54, 1.807) is 0 Å². The number of nitrogens with one attached hydrogen (secondary N) is 1. The fourth-order valence-electron chi connectivity index (χ4n) is 2.53. The molecule has 0 aliphatic carbocycles. The zero-order valence-corrected chi connectivity index (χ0v) is 14.1. The highest BCUT2D eigenvalue weighted by molar-refractivity contribution is 7.22. The summed E-state index contributed by atoms with van der Waals surface area (Å²) in [7, 11) is 1.45. The van der Waals surface area contributed by atoms with Crippen LogP contribution < -0.4 is 10.1 Å². The predicted octanol–water partition coefficient (Wildman–Crippen LogP) is 4.41. The summed E-state index contributed by atoms with van der Waals surface area (Å²) in [5.74, 6) is 0.349. The van der Waals surface area contributed by atoms with Gasteiger partial charge in [0.1, 0.15) is 11.0 Å². The monoisotopic (exact) mass is 356 g/mol. The van der Waals surface area contributed by atoms with Gasteiger partial charge >= 0.3 is 6.01 Å². The highest BCUT2D eigenvalue weighted by Crippen LogP contribution is 2.37. The van der Waals surface area contributed by atoms with Crippen molar-refractivity contribution in [1.82, 2.24) is 9.97 Å². The molecule has 126 valence electrons. The highest BCUT2D eigenvalue weighted by Gasteiger charge is 2.17. The van der Waals surface area contributed by atoms with Gasteiger partial charge in [-0.25, -0.2) is 4.98 Å². The Morgan fingerprint density at radius 1 is 1.32 bits per heavy atom.